The molecule has 0 radical (unpaired) electrons. The highest BCUT2D eigenvalue weighted by atomic mass is 16.5. The lowest BCUT2D eigenvalue weighted by Crippen LogP contribution is -2.17. The zero-order chi connectivity index (χ0) is 14.9. The number of methoxy groups -OCH3 is 1. The van der Waals surface area contributed by atoms with Crippen molar-refractivity contribution in [2.75, 3.05) is 17.3 Å². The van der Waals surface area contributed by atoms with E-state index >= 15 is 0 Å². The van der Waals surface area contributed by atoms with Crippen LogP contribution in [-0.2, 0) is 0 Å². The maximum atomic E-state index is 5.26. The van der Waals surface area contributed by atoms with Gasteiger partial charge in [0.2, 0.25) is 0 Å². The van der Waals surface area contributed by atoms with Gasteiger partial charge in [0.05, 0.1) is 29.9 Å². The SMILES string of the molecule is COc1ccc(N2c3ccccc3Nc3ccccc32)cc1. The fraction of sp³-hybridized carbons (Fsp3) is 0.0526. The molecule has 108 valence electrons. The molecule has 3 heteroatoms. The Kier molecular flexibility index (Phi) is 2.97. The number of fused-ring (bicyclic) bond motifs is 2. The van der Waals surface area contributed by atoms with Gasteiger partial charge >= 0.3 is 0 Å². The first-order valence-corrected chi connectivity index (χ1v) is 7.26. The summed E-state index contributed by atoms with van der Waals surface area (Å²) in [5.74, 6) is 0.862. The quantitative estimate of drug-likeness (QED) is 0.547. The van der Waals surface area contributed by atoms with Crippen LogP contribution in [0.25, 0.3) is 0 Å². The first-order valence-electron chi connectivity index (χ1n) is 7.26. The first-order chi connectivity index (χ1) is 10.9. The molecule has 0 aromatic heterocycles. The molecular formula is C19H16N2O. The Bertz CT molecular complexity index is 766. The number of nitrogens with zero attached hydrogens (tertiary/aromatic N) is 1. The van der Waals surface area contributed by atoms with E-state index in [1.165, 1.54) is 0 Å². The van der Waals surface area contributed by atoms with E-state index in [-0.39, 0.29) is 0 Å². The average Bonchev–Trinajstić information content (AvgIpc) is 2.60. The lowest BCUT2D eigenvalue weighted by molar-refractivity contribution is 0.415. The summed E-state index contributed by atoms with van der Waals surface area (Å²) in [6, 6.07) is 24.8. The van der Waals surface area contributed by atoms with Crippen LogP contribution in [0.3, 0.4) is 0 Å². The molecule has 0 fully saturated rings. The predicted octanol–water partition coefficient (Wildman–Crippen LogP) is 5.22. The summed E-state index contributed by atoms with van der Waals surface area (Å²) in [6.45, 7) is 0. The van der Waals surface area contributed by atoms with Gasteiger partial charge in [-0.3, -0.25) is 0 Å². The Hall–Kier alpha value is -2.94. The minimum Gasteiger partial charge on any atom is -0.497 e. The third kappa shape index (κ3) is 1.99. The van der Waals surface area contributed by atoms with Gasteiger partial charge in [-0.2, -0.15) is 0 Å². The Morgan fingerprint density at radius 3 is 1.82 bits per heavy atom. The largest absolute Gasteiger partial charge is 0.497 e. The molecule has 0 bridgehead atoms. The van der Waals surface area contributed by atoms with Gasteiger partial charge in [0.25, 0.3) is 0 Å². The summed E-state index contributed by atoms with van der Waals surface area (Å²) in [4.78, 5) is 2.26. The monoisotopic (exact) mass is 288 g/mol. The van der Waals surface area contributed by atoms with Gasteiger partial charge in [0, 0.05) is 5.69 Å². The predicted molar refractivity (Wildman–Crippen MR) is 91.0 cm³/mol. The summed E-state index contributed by atoms with van der Waals surface area (Å²) in [6.07, 6.45) is 0. The van der Waals surface area contributed by atoms with Gasteiger partial charge in [-0.1, -0.05) is 24.3 Å². The number of hydrogen-bond donors (Lipinski definition) is 1. The molecule has 0 atom stereocenters. The van der Waals surface area contributed by atoms with E-state index in [0.717, 1.165) is 34.2 Å². The van der Waals surface area contributed by atoms with Gasteiger partial charge < -0.3 is 15.0 Å². The molecule has 4 rings (SSSR count). The molecule has 1 heterocycles. The minimum atomic E-state index is 0.862. The smallest absolute Gasteiger partial charge is 0.119 e. The van der Waals surface area contributed by atoms with Crippen LogP contribution in [0.15, 0.2) is 72.8 Å². The third-order valence-corrected chi connectivity index (χ3v) is 3.89. The van der Waals surface area contributed by atoms with Crippen LogP contribution in [-0.4, -0.2) is 7.11 Å². The number of benzene rings is 3. The van der Waals surface area contributed by atoms with Crippen molar-refractivity contribution in [1.29, 1.82) is 0 Å². The highest BCUT2D eigenvalue weighted by molar-refractivity contribution is 5.96. The topological polar surface area (TPSA) is 24.5 Å². The number of hydrogen-bond acceptors (Lipinski definition) is 3. The standard InChI is InChI=1S/C19H16N2O/c1-22-15-12-10-14(11-13-15)21-18-8-4-2-6-16(18)20-17-7-3-5-9-19(17)21/h2-13,20H,1H3. The maximum Gasteiger partial charge on any atom is 0.119 e. The Morgan fingerprint density at radius 2 is 1.27 bits per heavy atom. The van der Waals surface area contributed by atoms with Gasteiger partial charge in [0.1, 0.15) is 5.75 Å². The second kappa shape index (κ2) is 5.11. The lowest BCUT2D eigenvalue weighted by Gasteiger charge is -2.33. The van der Waals surface area contributed by atoms with E-state index in [9.17, 15) is 0 Å². The van der Waals surface area contributed by atoms with Crippen molar-refractivity contribution in [2.24, 2.45) is 0 Å². The molecule has 1 aliphatic heterocycles. The third-order valence-electron chi connectivity index (χ3n) is 3.89. The number of anilines is 5. The molecule has 3 aromatic rings. The Balaban J connectivity index is 1.90. The molecule has 0 saturated heterocycles. The van der Waals surface area contributed by atoms with Crippen LogP contribution in [0.4, 0.5) is 28.4 Å². The summed E-state index contributed by atoms with van der Waals surface area (Å²) >= 11 is 0. The maximum absolute atomic E-state index is 5.26. The molecule has 3 nitrogen and oxygen atoms in total. The minimum absolute atomic E-state index is 0.862. The zero-order valence-corrected chi connectivity index (χ0v) is 12.3. The van der Waals surface area contributed by atoms with Crippen molar-refractivity contribution in [3.05, 3.63) is 72.8 Å². The molecule has 0 saturated carbocycles. The Labute approximate surface area is 129 Å². The average molecular weight is 288 g/mol. The van der Waals surface area contributed by atoms with Gasteiger partial charge in [-0.05, 0) is 48.5 Å². The molecule has 3 aromatic carbocycles. The summed E-state index contributed by atoms with van der Waals surface area (Å²) < 4.78 is 5.26. The van der Waals surface area contributed by atoms with Gasteiger partial charge in [-0.15, -0.1) is 0 Å². The molecular weight excluding hydrogens is 272 g/mol. The fourth-order valence-corrected chi connectivity index (χ4v) is 2.83. The van der Waals surface area contributed by atoms with Crippen molar-refractivity contribution in [3.63, 3.8) is 0 Å². The van der Waals surface area contributed by atoms with E-state index in [1.807, 2.05) is 24.3 Å². The van der Waals surface area contributed by atoms with Crippen LogP contribution < -0.4 is 15.0 Å². The Morgan fingerprint density at radius 1 is 0.727 bits per heavy atom. The van der Waals surface area contributed by atoms with Crippen LogP contribution >= 0.6 is 0 Å². The molecule has 0 aliphatic carbocycles. The lowest BCUT2D eigenvalue weighted by atomic mass is 10.1. The number of rotatable bonds is 2. The normalized spacial score (nSPS) is 12.1. The second-order valence-corrected chi connectivity index (χ2v) is 5.19. The van der Waals surface area contributed by atoms with Crippen LogP contribution in [0.2, 0.25) is 0 Å². The summed E-state index contributed by atoms with van der Waals surface area (Å²) in [5, 5.41) is 3.50. The van der Waals surface area contributed by atoms with Crippen molar-refractivity contribution < 1.29 is 4.74 Å². The number of para-hydroxylation sites is 4. The molecule has 0 unspecified atom stereocenters. The second-order valence-electron chi connectivity index (χ2n) is 5.19. The van der Waals surface area contributed by atoms with Crippen molar-refractivity contribution in [3.8, 4) is 5.75 Å². The van der Waals surface area contributed by atoms with Crippen LogP contribution in [0, 0.1) is 0 Å². The molecule has 0 amide bonds. The summed E-state index contributed by atoms with van der Waals surface area (Å²) in [7, 11) is 1.68. The van der Waals surface area contributed by atoms with Crippen molar-refractivity contribution >= 4 is 28.4 Å². The molecule has 1 N–H and O–H groups in total. The van der Waals surface area contributed by atoms with E-state index in [4.69, 9.17) is 4.74 Å². The van der Waals surface area contributed by atoms with Crippen molar-refractivity contribution in [1.82, 2.24) is 0 Å². The number of ether oxygens (including phenoxy) is 1. The number of nitrogens with one attached hydrogen (secondary N) is 1. The van der Waals surface area contributed by atoms with E-state index in [2.05, 4.69) is 58.7 Å². The molecule has 0 spiro atoms. The van der Waals surface area contributed by atoms with E-state index < -0.39 is 0 Å². The summed E-state index contributed by atoms with van der Waals surface area (Å²) in [5.41, 5.74) is 5.62. The zero-order valence-electron chi connectivity index (χ0n) is 12.3. The van der Waals surface area contributed by atoms with Gasteiger partial charge in [0.15, 0.2) is 0 Å². The molecule has 1 aliphatic rings. The van der Waals surface area contributed by atoms with E-state index in [1.54, 1.807) is 7.11 Å². The van der Waals surface area contributed by atoms with Gasteiger partial charge in [-0.25, -0.2) is 0 Å². The highest BCUT2D eigenvalue weighted by Crippen LogP contribution is 2.47. The first kappa shape index (κ1) is 12.8. The molecule has 22 heavy (non-hydrogen) atoms. The van der Waals surface area contributed by atoms with Crippen LogP contribution in [0.1, 0.15) is 0 Å². The fourth-order valence-electron chi connectivity index (χ4n) is 2.83. The van der Waals surface area contributed by atoms with Crippen molar-refractivity contribution in [2.45, 2.75) is 0 Å². The highest BCUT2D eigenvalue weighted by Gasteiger charge is 2.22. The van der Waals surface area contributed by atoms with E-state index in [0.29, 0.717) is 0 Å². The van der Waals surface area contributed by atoms with Crippen LogP contribution in [0.5, 0.6) is 5.75 Å².